The zero-order valence-corrected chi connectivity index (χ0v) is 44.2. The Morgan fingerprint density at radius 1 is 0.493 bits per heavy atom. The number of nitrogens with zero attached hydrogens (tertiary/aromatic N) is 2. The van der Waals surface area contributed by atoms with E-state index in [4.69, 9.17) is 0 Å². The summed E-state index contributed by atoms with van der Waals surface area (Å²) in [5, 5.41) is 4.15. The lowest BCUT2D eigenvalue weighted by Crippen LogP contribution is -2.60. The van der Waals surface area contributed by atoms with Gasteiger partial charge in [-0.05, 0) is 137 Å². The fourth-order valence-electron chi connectivity index (χ4n) is 13.6. The predicted molar refractivity (Wildman–Crippen MR) is 300 cm³/mol. The van der Waals surface area contributed by atoms with Crippen LogP contribution in [-0.4, -0.2) is 11.4 Å². The summed E-state index contributed by atoms with van der Waals surface area (Å²) in [6.07, 6.45) is 0. The van der Waals surface area contributed by atoms with E-state index in [1.54, 1.807) is 0 Å². The first-order chi connectivity index (χ1) is 32.4. The normalized spacial score (nSPS) is 16.9. The van der Waals surface area contributed by atoms with Gasteiger partial charge in [0.25, 0.3) is 0 Å². The molecule has 0 amide bonds. The van der Waals surface area contributed by atoms with Crippen molar-refractivity contribution in [2.24, 2.45) is 0 Å². The van der Waals surface area contributed by atoms with Gasteiger partial charge in [-0.1, -0.05) is 177 Å². The van der Waals surface area contributed by atoms with E-state index >= 15 is 0 Å². The van der Waals surface area contributed by atoms with Gasteiger partial charge in [-0.25, -0.2) is 0 Å². The summed E-state index contributed by atoms with van der Waals surface area (Å²) in [5.74, 6) is 0. The quantitative estimate of drug-likeness (QED) is 0.149. The zero-order chi connectivity index (χ0) is 48.4. The van der Waals surface area contributed by atoms with Gasteiger partial charge in [-0.2, -0.15) is 0 Å². The fraction of sp³-hybridized carbons (Fsp3) is 0.323. The first-order valence-electron chi connectivity index (χ1n) is 25.5. The highest BCUT2D eigenvalue weighted by molar-refractivity contribution is 7.32. The molecule has 344 valence electrons. The summed E-state index contributed by atoms with van der Waals surface area (Å²) < 4.78 is 5.53. The van der Waals surface area contributed by atoms with Gasteiger partial charge in [0.2, 0.25) is 0 Å². The minimum absolute atomic E-state index is 0.00201. The van der Waals surface area contributed by atoms with E-state index in [0.29, 0.717) is 0 Å². The lowest BCUT2D eigenvalue weighted by molar-refractivity contribution is 0.521. The average molecular weight is 917 g/mol. The maximum atomic E-state index is 2.80. The fourth-order valence-corrected chi connectivity index (χ4v) is 14.9. The molecule has 0 unspecified atom stereocenters. The molecule has 0 fully saturated rings. The first kappa shape index (κ1) is 43.2. The van der Waals surface area contributed by atoms with Crippen LogP contribution in [0.3, 0.4) is 0 Å². The number of fused-ring (bicyclic) bond motifs is 17. The van der Waals surface area contributed by atoms with E-state index in [0.717, 1.165) is 0 Å². The summed E-state index contributed by atoms with van der Waals surface area (Å²) in [4.78, 5) is 2.80. The molecule has 0 atom stereocenters. The Morgan fingerprint density at radius 2 is 1.04 bits per heavy atom. The van der Waals surface area contributed by atoms with Gasteiger partial charge in [-0.3, -0.25) is 0 Å². The second-order valence-electron chi connectivity index (χ2n) is 25.8. The molecule has 13 rings (SSSR count). The van der Waals surface area contributed by atoms with Gasteiger partial charge in [0.15, 0.2) is 0 Å². The molecule has 9 aromatic rings. The van der Waals surface area contributed by atoms with E-state index in [2.05, 4.69) is 235 Å². The molecule has 69 heavy (non-hydrogen) atoms. The van der Waals surface area contributed by atoms with E-state index in [1.165, 1.54) is 132 Å². The molecule has 0 saturated heterocycles. The van der Waals surface area contributed by atoms with E-state index in [1.807, 2.05) is 11.3 Å². The number of thiophene rings is 1. The van der Waals surface area contributed by atoms with E-state index in [9.17, 15) is 0 Å². The molecule has 0 bridgehead atoms. The third-order valence-corrected chi connectivity index (χ3v) is 18.7. The number of rotatable bonds is 1. The maximum absolute atomic E-state index is 2.80. The third-order valence-electron chi connectivity index (χ3n) is 17.5. The standard InChI is InChI=1S/C65H65BN2S/c1-60(2,3)36-24-28-39(29-25-36)68-50-35-48-47(63(10,11)45-22-18-19-23-46(45)64(48,12)13)34-42(50)53-52-40-20-16-17-21-44(40)65(14,15)55(52)54-41-32-37(61(4,5)6)26-30-49(41)67-57-43-33-38(62(7,8)9)27-31-51(43)69-59(57)66(68)56(53)58(54)67/h16-35H,1-15H3. The highest BCUT2D eigenvalue weighted by Crippen LogP contribution is 2.61. The maximum Gasteiger partial charge on any atom is 0.343 e. The van der Waals surface area contributed by atoms with Crippen molar-refractivity contribution in [2.75, 3.05) is 4.81 Å². The number of benzene rings is 7. The highest BCUT2D eigenvalue weighted by atomic mass is 32.1. The molecule has 2 aliphatic heterocycles. The van der Waals surface area contributed by atoms with Crippen LogP contribution in [0.5, 0.6) is 0 Å². The van der Waals surface area contributed by atoms with Crippen molar-refractivity contribution >= 4 is 71.7 Å². The van der Waals surface area contributed by atoms with Gasteiger partial charge >= 0.3 is 6.85 Å². The number of hydrogen-bond donors (Lipinski definition) is 0. The van der Waals surface area contributed by atoms with Crippen molar-refractivity contribution in [3.8, 4) is 27.9 Å². The third kappa shape index (κ3) is 5.51. The Bertz CT molecular complexity index is 3750. The second-order valence-corrected chi connectivity index (χ2v) is 26.9. The van der Waals surface area contributed by atoms with Crippen LogP contribution in [-0.2, 0) is 32.5 Å². The molecular formula is C65H65BN2S. The van der Waals surface area contributed by atoms with Crippen LogP contribution in [0.4, 0.5) is 11.4 Å². The number of anilines is 2. The van der Waals surface area contributed by atoms with Crippen molar-refractivity contribution < 1.29 is 0 Å². The molecule has 2 aliphatic carbocycles. The summed E-state index contributed by atoms with van der Waals surface area (Å²) >= 11 is 2.02. The monoisotopic (exact) mass is 916 g/mol. The highest BCUT2D eigenvalue weighted by Gasteiger charge is 2.52. The molecule has 2 aromatic heterocycles. The van der Waals surface area contributed by atoms with Crippen molar-refractivity contribution in [1.82, 2.24) is 4.57 Å². The molecule has 0 spiro atoms. The molecule has 4 heteroatoms. The van der Waals surface area contributed by atoms with E-state index < -0.39 is 0 Å². The summed E-state index contributed by atoms with van der Waals surface area (Å²) in [6, 6.07) is 48.5. The SMILES string of the molecule is CC(C)(C)c1ccc(N2B3c4sc5ccc(C(C)(C)C)cc5c4-n4c5ccc(C(C)(C)C)cc5c5c6c(c(c3c54)-c3cc4c(cc32)C(C)(C)c2ccccc2C4(C)C)-c2ccccc2C6(C)C)cc1. The Hall–Kier alpha value is -5.84. The topological polar surface area (TPSA) is 8.17 Å². The van der Waals surface area contributed by atoms with Crippen molar-refractivity contribution in [2.45, 2.75) is 136 Å². The molecular weight excluding hydrogens is 852 g/mol. The van der Waals surface area contributed by atoms with Gasteiger partial charge in [0, 0.05) is 58.8 Å². The largest absolute Gasteiger partial charge is 0.376 e. The van der Waals surface area contributed by atoms with Crippen LogP contribution in [0.1, 0.15) is 154 Å². The van der Waals surface area contributed by atoms with Crippen molar-refractivity contribution in [3.63, 3.8) is 0 Å². The summed E-state index contributed by atoms with van der Waals surface area (Å²) in [7, 11) is 0. The van der Waals surface area contributed by atoms with Crippen LogP contribution in [0.25, 0.3) is 59.8 Å². The second kappa shape index (κ2) is 13.3. The molecule has 4 aliphatic rings. The Labute approximate surface area is 414 Å². The Balaban J connectivity index is 1.29. The van der Waals surface area contributed by atoms with Crippen LogP contribution in [0.15, 0.2) is 121 Å². The lowest BCUT2D eigenvalue weighted by Gasteiger charge is -2.47. The van der Waals surface area contributed by atoms with Crippen LogP contribution >= 0.6 is 11.3 Å². The predicted octanol–water partition coefficient (Wildman–Crippen LogP) is 16.4. The zero-order valence-electron chi connectivity index (χ0n) is 43.4. The number of hydrogen-bond acceptors (Lipinski definition) is 2. The van der Waals surface area contributed by atoms with Crippen LogP contribution in [0.2, 0.25) is 0 Å². The van der Waals surface area contributed by atoms with Gasteiger partial charge < -0.3 is 9.38 Å². The van der Waals surface area contributed by atoms with Crippen molar-refractivity contribution in [3.05, 3.63) is 171 Å². The minimum Gasteiger partial charge on any atom is -0.376 e. The molecule has 0 saturated carbocycles. The van der Waals surface area contributed by atoms with Gasteiger partial charge in [0.05, 0.1) is 16.7 Å². The van der Waals surface area contributed by atoms with Gasteiger partial charge in [-0.15, -0.1) is 11.3 Å². The van der Waals surface area contributed by atoms with Crippen molar-refractivity contribution in [1.29, 1.82) is 0 Å². The smallest absolute Gasteiger partial charge is 0.343 e. The Morgan fingerprint density at radius 3 is 1.67 bits per heavy atom. The molecule has 4 heterocycles. The molecule has 0 radical (unpaired) electrons. The molecule has 0 N–H and O–H groups in total. The lowest BCUT2D eigenvalue weighted by atomic mass is 9.46. The summed E-state index contributed by atoms with van der Waals surface area (Å²) in [6.45, 7) is 36.0. The first-order valence-corrected chi connectivity index (χ1v) is 26.3. The van der Waals surface area contributed by atoms with Crippen LogP contribution in [0, 0.1) is 0 Å². The van der Waals surface area contributed by atoms with Gasteiger partial charge in [0.1, 0.15) is 0 Å². The number of aromatic nitrogens is 1. The Kier molecular flexibility index (Phi) is 8.34. The molecule has 7 aromatic carbocycles. The van der Waals surface area contributed by atoms with Crippen LogP contribution < -0.4 is 15.1 Å². The van der Waals surface area contributed by atoms with E-state index in [-0.39, 0.29) is 39.3 Å². The molecule has 2 nitrogen and oxygen atoms in total. The summed E-state index contributed by atoms with van der Waals surface area (Å²) in [5.41, 5.74) is 25.6. The average Bonchev–Trinajstić information content (AvgIpc) is 3.92. The minimum atomic E-state index is -0.252.